The standard InChI is InChI=1S/C13H14BrFN4O/c1-2-5-19(8-12-16-13(20)18-17-12)7-9-6-10(14)3-4-11(9)15/h2-4,6H,1,5,7-8H2,(H2,16,17,18,20). The second-order valence-electron chi connectivity index (χ2n) is 4.32. The number of benzene rings is 1. The van der Waals surface area contributed by atoms with Gasteiger partial charge in [-0.15, -0.1) is 6.58 Å². The molecule has 1 aromatic heterocycles. The van der Waals surface area contributed by atoms with Crippen LogP contribution in [-0.4, -0.2) is 26.6 Å². The summed E-state index contributed by atoms with van der Waals surface area (Å²) < 4.78 is 14.6. The lowest BCUT2D eigenvalue weighted by molar-refractivity contribution is 0.274. The molecule has 7 heteroatoms. The van der Waals surface area contributed by atoms with Gasteiger partial charge in [0.1, 0.15) is 11.6 Å². The molecular weight excluding hydrogens is 327 g/mol. The van der Waals surface area contributed by atoms with Crippen LogP contribution in [0.3, 0.4) is 0 Å². The number of rotatable bonds is 6. The topological polar surface area (TPSA) is 64.8 Å². The Hall–Kier alpha value is -1.73. The molecule has 20 heavy (non-hydrogen) atoms. The van der Waals surface area contributed by atoms with E-state index in [9.17, 15) is 9.18 Å². The average molecular weight is 341 g/mol. The molecule has 0 unspecified atom stereocenters. The zero-order valence-corrected chi connectivity index (χ0v) is 12.3. The smallest absolute Gasteiger partial charge is 0.292 e. The van der Waals surface area contributed by atoms with E-state index in [1.165, 1.54) is 6.07 Å². The summed E-state index contributed by atoms with van der Waals surface area (Å²) in [5.41, 5.74) is 0.214. The first-order valence-corrected chi connectivity index (χ1v) is 6.78. The maximum absolute atomic E-state index is 13.8. The maximum atomic E-state index is 13.8. The molecule has 0 bridgehead atoms. The van der Waals surface area contributed by atoms with Crippen LogP contribution in [-0.2, 0) is 13.1 Å². The number of nitrogens with zero attached hydrogens (tertiary/aromatic N) is 2. The van der Waals surface area contributed by atoms with Crippen molar-refractivity contribution in [3.63, 3.8) is 0 Å². The largest absolute Gasteiger partial charge is 0.340 e. The molecule has 2 aromatic rings. The molecule has 0 aliphatic heterocycles. The van der Waals surface area contributed by atoms with Gasteiger partial charge in [-0.05, 0) is 18.2 Å². The SMILES string of the molecule is C=CCN(Cc1n[nH]c(=O)[nH]1)Cc1cc(Br)ccc1F. The first-order chi connectivity index (χ1) is 9.58. The lowest BCUT2D eigenvalue weighted by atomic mass is 10.2. The molecule has 0 radical (unpaired) electrons. The van der Waals surface area contributed by atoms with E-state index in [1.807, 2.05) is 4.90 Å². The second-order valence-corrected chi connectivity index (χ2v) is 5.23. The maximum Gasteiger partial charge on any atom is 0.340 e. The highest BCUT2D eigenvalue weighted by molar-refractivity contribution is 9.10. The summed E-state index contributed by atoms with van der Waals surface area (Å²) >= 11 is 3.33. The minimum atomic E-state index is -0.354. The Balaban J connectivity index is 2.14. The van der Waals surface area contributed by atoms with Crippen molar-refractivity contribution in [1.82, 2.24) is 20.1 Å². The van der Waals surface area contributed by atoms with Crippen LogP contribution in [0.4, 0.5) is 4.39 Å². The lowest BCUT2D eigenvalue weighted by Gasteiger charge is -2.19. The molecule has 0 amide bonds. The summed E-state index contributed by atoms with van der Waals surface area (Å²) in [5, 5.41) is 6.15. The van der Waals surface area contributed by atoms with Gasteiger partial charge in [-0.3, -0.25) is 9.88 Å². The molecule has 1 aromatic carbocycles. The molecule has 106 valence electrons. The van der Waals surface area contributed by atoms with Gasteiger partial charge in [-0.1, -0.05) is 22.0 Å². The van der Waals surface area contributed by atoms with E-state index in [4.69, 9.17) is 0 Å². The van der Waals surface area contributed by atoms with Gasteiger partial charge < -0.3 is 0 Å². The number of aromatic amines is 2. The van der Waals surface area contributed by atoms with Crippen molar-refractivity contribution in [2.24, 2.45) is 0 Å². The number of halogens is 2. The van der Waals surface area contributed by atoms with E-state index in [0.717, 1.165) is 4.47 Å². The summed E-state index contributed by atoms with van der Waals surface area (Å²) in [6.45, 7) is 5.04. The highest BCUT2D eigenvalue weighted by Gasteiger charge is 2.11. The van der Waals surface area contributed by atoms with Crippen LogP contribution in [0.25, 0.3) is 0 Å². The number of aromatic nitrogens is 3. The van der Waals surface area contributed by atoms with Crippen LogP contribution >= 0.6 is 15.9 Å². The first-order valence-electron chi connectivity index (χ1n) is 5.99. The predicted molar refractivity (Wildman–Crippen MR) is 77.6 cm³/mol. The van der Waals surface area contributed by atoms with E-state index < -0.39 is 0 Å². The van der Waals surface area contributed by atoms with Crippen molar-refractivity contribution in [2.75, 3.05) is 6.54 Å². The fourth-order valence-corrected chi connectivity index (χ4v) is 2.27. The van der Waals surface area contributed by atoms with Gasteiger partial charge in [0.25, 0.3) is 0 Å². The van der Waals surface area contributed by atoms with E-state index in [1.54, 1.807) is 18.2 Å². The summed E-state index contributed by atoms with van der Waals surface area (Å²) in [5.74, 6) is 0.241. The second kappa shape index (κ2) is 6.62. The van der Waals surface area contributed by atoms with Gasteiger partial charge in [0.2, 0.25) is 0 Å². The van der Waals surface area contributed by atoms with Gasteiger partial charge in [0.05, 0.1) is 6.54 Å². The molecule has 0 saturated heterocycles. The summed E-state index contributed by atoms with van der Waals surface area (Å²) in [4.78, 5) is 15.5. The summed E-state index contributed by atoms with van der Waals surface area (Å²) in [6, 6.07) is 4.81. The highest BCUT2D eigenvalue weighted by Crippen LogP contribution is 2.17. The van der Waals surface area contributed by atoms with Crippen molar-refractivity contribution >= 4 is 15.9 Å². The first kappa shape index (κ1) is 14.7. The van der Waals surface area contributed by atoms with Gasteiger partial charge in [-0.25, -0.2) is 14.3 Å². The van der Waals surface area contributed by atoms with Crippen LogP contribution in [0.5, 0.6) is 0 Å². The zero-order chi connectivity index (χ0) is 14.5. The molecule has 0 fully saturated rings. The third-order valence-electron chi connectivity index (χ3n) is 2.71. The molecule has 2 rings (SSSR count). The van der Waals surface area contributed by atoms with E-state index in [0.29, 0.717) is 31.0 Å². The Morgan fingerprint density at radius 1 is 1.45 bits per heavy atom. The van der Waals surface area contributed by atoms with Crippen molar-refractivity contribution in [2.45, 2.75) is 13.1 Å². The molecular formula is C13H14BrFN4O. The molecule has 5 nitrogen and oxygen atoms in total. The molecule has 0 aliphatic rings. The Bertz CT molecular complexity index is 652. The van der Waals surface area contributed by atoms with E-state index in [2.05, 4.69) is 37.7 Å². The van der Waals surface area contributed by atoms with Crippen LogP contribution in [0.1, 0.15) is 11.4 Å². The molecule has 0 aliphatic carbocycles. The van der Waals surface area contributed by atoms with Gasteiger partial charge in [0.15, 0.2) is 0 Å². The monoisotopic (exact) mass is 340 g/mol. The fraction of sp³-hybridized carbons (Fsp3) is 0.231. The third-order valence-corrected chi connectivity index (χ3v) is 3.21. The summed E-state index contributed by atoms with van der Waals surface area (Å²) in [6.07, 6.45) is 1.72. The normalized spacial score (nSPS) is 10.9. The lowest BCUT2D eigenvalue weighted by Crippen LogP contribution is -2.24. The average Bonchev–Trinajstić information content (AvgIpc) is 2.79. The molecule has 0 atom stereocenters. The number of hydrogen-bond acceptors (Lipinski definition) is 3. The highest BCUT2D eigenvalue weighted by atomic mass is 79.9. The molecule has 0 spiro atoms. The van der Waals surface area contributed by atoms with Crippen molar-refractivity contribution in [3.05, 3.63) is 63.0 Å². The minimum absolute atomic E-state index is 0.266. The van der Waals surface area contributed by atoms with Crippen molar-refractivity contribution < 1.29 is 4.39 Å². The Kier molecular flexibility index (Phi) is 4.86. The quantitative estimate of drug-likeness (QED) is 0.792. The van der Waals surface area contributed by atoms with E-state index in [-0.39, 0.29) is 11.5 Å². The van der Waals surface area contributed by atoms with Crippen molar-refractivity contribution in [3.8, 4) is 0 Å². The van der Waals surface area contributed by atoms with Gasteiger partial charge in [0, 0.05) is 23.1 Å². The van der Waals surface area contributed by atoms with Crippen molar-refractivity contribution in [1.29, 1.82) is 0 Å². The Morgan fingerprint density at radius 3 is 2.90 bits per heavy atom. The van der Waals surface area contributed by atoms with Crippen LogP contribution < -0.4 is 5.69 Å². The predicted octanol–water partition coefficient (Wildman–Crippen LogP) is 2.19. The fourth-order valence-electron chi connectivity index (χ4n) is 1.86. The number of H-pyrrole nitrogens is 2. The number of nitrogens with one attached hydrogen (secondary N) is 2. The van der Waals surface area contributed by atoms with Crippen LogP contribution in [0.15, 0.2) is 40.1 Å². The van der Waals surface area contributed by atoms with Gasteiger partial charge >= 0.3 is 5.69 Å². The van der Waals surface area contributed by atoms with Crippen LogP contribution in [0, 0.1) is 5.82 Å². The third kappa shape index (κ3) is 3.88. The van der Waals surface area contributed by atoms with E-state index >= 15 is 0 Å². The molecule has 0 saturated carbocycles. The zero-order valence-electron chi connectivity index (χ0n) is 10.7. The Morgan fingerprint density at radius 2 is 2.25 bits per heavy atom. The van der Waals surface area contributed by atoms with Crippen LogP contribution in [0.2, 0.25) is 0 Å². The number of hydrogen-bond donors (Lipinski definition) is 2. The van der Waals surface area contributed by atoms with Gasteiger partial charge in [-0.2, -0.15) is 5.10 Å². The molecule has 1 heterocycles. The summed E-state index contributed by atoms with van der Waals surface area (Å²) in [7, 11) is 0. The Labute approximate surface area is 123 Å². The molecule has 2 N–H and O–H groups in total. The minimum Gasteiger partial charge on any atom is -0.292 e.